The lowest BCUT2D eigenvalue weighted by Crippen LogP contribution is -2.17. The second-order valence-corrected chi connectivity index (χ2v) is 9.12. The first-order valence-electron chi connectivity index (χ1n) is 11.8. The van der Waals surface area contributed by atoms with E-state index in [4.69, 9.17) is 0 Å². The number of amides is 1. The van der Waals surface area contributed by atoms with E-state index in [0.717, 1.165) is 23.5 Å². The van der Waals surface area contributed by atoms with Crippen molar-refractivity contribution in [1.82, 2.24) is 25.0 Å². The number of aromatic nitrogens is 5. The van der Waals surface area contributed by atoms with Crippen molar-refractivity contribution in [3.8, 4) is 11.4 Å². The largest absolute Gasteiger partial charge is 0.573 e. The van der Waals surface area contributed by atoms with Gasteiger partial charge in [0.05, 0.1) is 11.4 Å². The highest BCUT2D eigenvalue weighted by atomic mass is 32.2. The van der Waals surface area contributed by atoms with E-state index in [1.807, 2.05) is 42.5 Å². The Morgan fingerprint density at radius 3 is 2.17 bits per heavy atom. The first-order chi connectivity index (χ1) is 19.3. The van der Waals surface area contributed by atoms with Crippen LogP contribution >= 0.6 is 11.8 Å². The van der Waals surface area contributed by atoms with Gasteiger partial charge < -0.3 is 15.4 Å². The zero-order chi connectivity index (χ0) is 28.0. The minimum Gasteiger partial charge on any atom is -0.406 e. The molecule has 2 N–H and O–H groups in total. The maximum atomic E-state index is 13.2. The van der Waals surface area contributed by atoms with Gasteiger partial charge in [0.25, 0.3) is 5.91 Å². The number of anilines is 3. The van der Waals surface area contributed by atoms with E-state index in [9.17, 15) is 18.0 Å². The lowest BCUT2D eigenvalue weighted by Gasteiger charge is -2.11. The van der Waals surface area contributed by atoms with E-state index in [2.05, 4.69) is 35.7 Å². The summed E-state index contributed by atoms with van der Waals surface area (Å²) in [5.74, 6) is -0.676. The van der Waals surface area contributed by atoms with Crippen molar-refractivity contribution < 1.29 is 22.7 Å². The summed E-state index contributed by atoms with van der Waals surface area (Å²) in [5.41, 5.74) is 3.15. The number of thioether (sulfide) groups is 1. The Labute approximate surface area is 230 Å². The van der Waals surface area contributed by atoms with Gasteiger partial charge in [-0.3, -0.25) is 4.79 Å². The second kappa shape index (κ2) is 11.9. The Balaban J connectivity index is 1.36. The van der Waals surface area contributed by atoms with Crippen LogP contribution in [-0.4, -0.2) is 37.2 Å². The van der Waals surface area contributed by atoms with Gasteiger partial charge in [-0.2, -0.15) is 0 Å². The van der Waals surface area contributed by atoms with Crippen LogP contribution in [0.3, 0.4) is 0 Å². The van der Waals surface area contributed by atoms with Gasteiger partial charge in [0.2, 0.25) is 0 Å². The third-order valence-electron chi connectivity index (χ3n) is 5.38. The monoisotopic (exact) mass is 563 g/mol. The number of hydrogen-bond donors (Lipinski definition) is 2. The molecule has 1 amide bonds. The molecule has 0 aliphatic heterocycles. The number of ether oxygens (including phenoxy) is 1. The molecule has 0 bridgehead atoms. The molecule has 0 aliphatic carbocycles. The van der Waals surface area contributed by atoms with Crippen LogP contribution in [0.25, 0.3) is 5.69 Å². The minimum absolute atomic E-state index is 0.0468. The summed E-state index contributed by atoms with van der Waals surface area (Å²) in [6.07, 6.45) is -1.63. The zero-order valence-electron chi connectivity index (χ0n) is 20.5. The van der Waals surface area contributed by atoms with Gasteiger partial charge in [0, 0.05) is 35.2 Å². The van der Waals surface area contributed by atoms with Gasteiger partial charge in [0.15, 0.2) is 10.9 Å². The average molecular weight is 564 g/mol. The third-order valence-corrected chi connectivity index (χ3v) is 6.27. The third kappa shape index (κ3) is 6.94. The van der Waals surface area contributed by atoms with Crippen LogP contribution in [-0.2, 0) is 5.75 Å². The molecular weight excluding hydrogens is 543 g/mol. The number of carbonyl (C=O) groups excluding carboxylic acids is 1. The SMILES string of the molecule is O=C(Nc1ccc(Nc2ccccc2)cc1)c1nnn(-c2ccc(OC(F)(F)F)cc2)c1CSc1ncccn1. The van der Waals surface area contributed by atoms with Crippen molar-refractivity contribution in [2.75, 3.05) is 10.6 Å². The van der Waals surface area contributed by atoms with Gasteiger partial charge in [0.1, 0.15) is 5.75 Å². The number of para-hydroxylation sites is 1. The van der Waals surface area contributed by atoms with Crippen LogP contribution in [0.4, 0.5) is 30.2 Å². The minimum atomic E-state index is -4.81. The van der Waals surface area contributed by atoms with Gasteiger partial charge >= 0.3 is 6.36 Å². The molecule has 5 aromatic rings. The topological polar surface area (TPSA) is 107 Å². The highest BCUT2D eigenvalue weighted by molar-refractivity contribution is 7.98. The highest BCUT2D eigenvalue weighted by Crippen LogP contribution is 2.27. The van der Waals surface area contributed by atoms with Crippen LogP contribution in [0, 0.1) is 0 Å². The molecule has 0 radical (unpaired) electrons. The molecule has 2 aromatic heterocycles. The number of benzene rings is 3. The standard InChI is InChI=1S/C27H20F3N7O2S/c28-27(29,30)39-22-13-11-21(12-14-22)37-23(17-40-26-31-15-4-16-32-26)24(35-36-37)25(38)34-20-9-7-19(8-10-20)33-18-5-2-1-3-6-18/h1-16,33H,17H2,(H,34,38). The van der Waals surface area contributed by atoms with Gasteiger partial charge in [-0.15, -0.1) is 18.3 Å². The number of nitrogens with one attached hydrogen (secondary N) is 2. The van der Waals surface area contributed by atoms with E-state index < -0.39 is 12.3 Å². The Hall–Kier alpha value is -4.91. The number of alkyl halides is 3. The summed E-state index contributed by atoms with van der Waals surface area (Å²) in [6.45, 7) is 0. The molecular formula is C27H20F3N7O2S. The Bertz CT molecular complexity index is 1560. The van der Waals surface area contributed by atoms with Crippen LogP contribution in [0.2, 0.25) is 0 Å². The molecule has 0 fully saturated rings. The van der Waals surface area contributed by atoms with Gasteiger partial charge in [-0.25, -0.2) is 14.6 Å². The maximum absolute atomic E-state index is 13.2. The van der Waals surface area contributed by atoms with E-state index >= 15 is 0 Å². The van der Waals surface area contributed by atoms with E-state index in [-0.39, 0.29) is 17.2 Å². The van der Waals surface area contributed by atoms with Crippen molar-refractivity contribution in [1.29, 1.82) is 0 Å². The first-order valence-corrected chi connectivity index (χ1v) is 12.8. The molecule has 0 spiro atoms. The Morgan fingerprint density at radius 1 is 0.850 bits per heavy atom. The van der Waals surface area contributed by atoms with Crippen LogP contribution in [0.5, 0.6) is 5.75 Å². The second-order valence-electron chi connectivity index (χ2n) is 8.18. The first kappa shape index (κ1) is 26.7. The smallest absolute Gasteiger partial charge is 0.406 e. The van der Waals surface area contributed by atoms with Crippen molar-refractivity contribution in [2.24, 2.45) is 0 Å². The molecule has 9 nitrogen and oxygen atoms in total. The molecule has 2 heterocycles. The fraction of sp³-hybridized carbons (Fsp3) is 0.0741. The van der Waals surface area contributed by atoms with Crippen molar-refractivity contribution >= 4 is 34.7 Å². The fourth-order valence-electron chi connectivity index (χ4n) is 3.61. The lowest BCUT2D eigenvalue weighted by molar-refractivity contribution is -0.274. The van der Waals surface area contributed by atoms with E-state index in [0.29, 0.717) is 22.2 Å². The highest BCUT2D eigenvalue weighted by Gasteiger charge is 2.31. The predicted molar refractivity (Wildman–Crippen MR) is 144 cm³/mol. The molecule has 13 heteroatoms. The molecule has 0 saturated heterocycles. The molecule has 5 rings (SSSR count). The Kier molecular flexibility index (Phi) is 7.92. The van der Waals surface area contributed by atoms with Crippen molar-refractivity contribution in [2.45, 2.75) is 17.3 Å². The number of hydrogen-bond acceptors (Lipinski definition) is 8. The average Bonchev–Trinajstić information content (AvgIpc) is 3.38. The lowest BCUT2D eigenvalue weighted by atomic mass is 10.2. The number of halogens is 3. The molecule has 202 valence electrons. The molecule has 0 aliphatic rings. The van der Waals surface area contributed by atoms with Crippen LogP contribution in [0.1, 0.15) is 16.2 Å². The van der Waals surface area contributed by atoms with Gasteiger partial charge in [-0.1, -0.05) is 35.2 Å². The normalized spacial score (nSPS) is 11.2. The molecule has 0 saturated carbocycles. The number of carbonyl (C=O) groups is 1. The Morgan fingerprint density at radius 2 is 1.50 bits per heavy atom. The summed E-state index contributed by atoms with van der Waals surface area (Å²) in [6, 6.07) is 23.6. The van der Waals surface area contributed by atoms with Crippen LogP contribution in [0.15, 0.2) is 102 Å². The van der Waals surface area contributed by atoms with E-state index in [1.54, 1.807) is 30.6 Å². The number of rotatable bonds is 9. The molecule has 40 heavy (non-hydrogen) atoms. The van der Waals surface area contributed by atoms with Crippen molar-refractivity contribution in [3.05, 3.63) is 109 Å². The van der Waals surface area contributed by atoms with Gasteiger partial charge in [-0.05, 0) is 66.7 Å². The quantitative estimate of drug-likeness (QED) is 0.160. The summed E-state index contributed by atoms with van der Waals surface area (Å²) in [4.78, 5) is 21.6. The zero-order valence-corrected chi connectivity index (χ0v) is 21.4. The number of nitrogens with zero attached hydrogens (tertiary/aromatic N) is 5. The summed E-state index contributed by atoms with van der Waals surface area (Å²) >= 11 is 1.25. The summed E-state index contributed by atoms with van der Waals surface area (Å²) < 4.78 is 43.0. The maximum Gasteiger partial charge on any atom is 0.573 e. The predicted octanol–water partition coefficient (Wildman–Crippen LogP) is 6.24. The summed E-state index contributed by atoms with van der Waals surface area (Å²) in [5, 5.41) is 14.7. The molecule has 0 unspecified atom stereocenters. The van der Waals surface area contributed by atoms with E-state index in [1.165, 1.54) is 28.6 Å². The molecule has 0 atom stereocenters. The fourth-order valence-corrected chi connectivity index (χ4v) is 4.41. The molecule has 3 aromatic carbocycles. The van der Waals surface area contributed by atoms with Crippen LogP contribution < -0.4 is 15.4 Å². The van der Waals surface area contributed by atoms with Crippen molar-refractivity contribution in [3.63, 3.8) is 0 Å². The summed E-state index contributed by atoms with van der Waals surface area (Å²) in [7, 11) is 0.